The molecule has 1 saturated heterocycles. The van der Waals surface area contributed by atoms with E-state index in [-0.39, 0.29) is 17.7 Å². The second-order valence-electron chi connectivity index (χ2n) is 6.69. The number of nitrogens with zero attached hydrogens (tertiary/aromatic N) is 2. The third-order valence-electron chi connectivity index (χ3n) is 4.78. The summed E-state index contributed by atoms with van der Waals surface area (Å²) in [4.78, 5) is 28.8. The van der Waals surface area contributed by atoms with Crippen LogP contribution in [0.5, 0.6) is 0 Å². The number of carbonyl (C=O) groups is 2. The average molecular weight is 327 g/mol. The maximum absolute atomic E-state index is 12.4. The summed E-state index contributed by atoms with van der Waals surface area (Å²) in [6.07, 6.45) is 6.12. The van der Waals surface area contributed by atoms with Crippen LogP contribution in [0.3, 0.4) is 0 Å². The van der Waals surface area contributed by atoms with Gasteiger partial charge in [-0.2, -0.15) is 0 Å². The lowest BCUT2D eigenvalue weighted by Crippen LogP contribution is -2.47. The van der Waals surface area contributed by atoms with Crippen LogP contribution in [0.4, 0.5) is 5.69 Å². The highest BCUT2D eigenvalue weighted by atomic mass is 16.2. The van der Waals surface area contributed by atoms with Crippen molar-refractivity contribution in [1.29, 1.82) is 0 Å². The van der Waals surface area contributed by atoms with Crippen LogP contribution in [0.15, 0.2) is 36.4 Å². The molecule has 0 spiro atoms. The molecular weight excluding hydrogens is 302 g/mol. The molecule has 0 unspecified atom stereocenters. The van der Waals surface area contributed by atoms with E-state index in [4.69, 9.17) is 0 Å². The van der Waals surface area contributed by atoms with Gasteiger partial charge < -0.3 is 15.1 Å². The smallest absolute Gasteiger partial charge is 0.228 e. The van der Waals surface area contributed by atoms with Crippen LogP contribution in [0.1, 0.15) is 18.4 Å². The molecule has 2 amide bonds. The molecule has 1 aromatic rings. The molecule has 1 aliphatic carbocycles. The van der Waals surface area contributed by atoms with Gasteiger partial charge in [-0.1, -0.05) is 24.3 Å². The monoisotopic (exact) mass is 327 g/mol. The van der Waals surface area contributed by atoms with Gasteiger partial charge in [-0.3, -0.25) is 9.59 Å². The maximum Gasteiger partial charge on any atom is 0.228 e. The molecule has 0 aromatic heterocycles. The number of rotatable bonds is 4. The van der Waals surface area contributed by atoms with E-state index in [0.717, 1.165) is 50.3 Å². The van der Waals surface area contributed by atoms with Gasteiger partial charge in [0.2, 0.25) is 11.8 Å². The van der Waals surface area contributed by atoms with Crippen LogP contribution >= 0.6 is 0 Å². The number of hydrogen-bond donors (Lipinski definition) is 1. The lowest BCUT2D eigenvalue weighted by Gasteiger charge is -2.32. The number of carbonyl (C=O) groups excluding carboxylic acids is 2. The fourth-order valence-corrected chi connectivity index (χ4v) is 3.18. The van der Waals surface area contributed by atoms with Crippen molar-refractivity contribution in [2.75, 3.05) is 38.5 Å². The van der Waals surface area contributed by atoms with Crippen molar-refractivity contribution in [3.63, 3.8) is 0 Å². The predicted octanol–water partition coefficient (Wildman–Crippen LogP) is 1.91. The fourth-order valence-electron chi connectivity index (χ4n) is 3.18. The van der Waals surface area contributed by atoms with E-state index in [1.54, 1.807) is 0 Å². The minimum Gasteiger partial charge on any atom is -0.340 e. The van der Waals surface area contributed by atoms with E-state index in [9.17, 15) is 9.59 Å². The number of allylic oxidation sites excluding steroid dienone is 2. The Labute approximate surface area is 143 Å². The van der Waals surface area contributed by atoms with Gasteiger partial charge in [0.1, 0.15) is 0 Å². The Kier molecular flexibility index (Phi) is 5.30. The number of amides is 2. The predicted molar refractivity (Wildman–Crippen MR) is 94.7 cm³/mol. The van der Waals surface area contributed by atoms with Crippen LogP contribution in [0, 0.1) is 5.92 Å². The quantitative estimate of drug-likeness (QED) is 0.860. The number of benzene rings is 1. The number of anilines is 1. The van der Waals surface area contributed by atoms with Gasteiger partial charge in [-0.25, -0.2) is 0 Å². The van der Waals surface area contributed by atoms with Gasteiger partial charge in [-0.05, 0) is 37.6 Å². The maximum atomic E-state index is 12.4. The van der Waals surface area contributed by atoms with Crippen LogP contribution < -0.4 is 5.32 Å². The van der Waals surface area contributed by atoms with Gasteiger partial charge in [0.25, 0.3) is 0 Å². The molecule has 128 valence electrons. The molecule has 5 nitrogen and oxygen atoms in total. The lowest BCUT2D eigenvalue weighted by atomic mass is 10.1. The zero-order valence-corrected chi connectivity index (χ0v) is 14.2. The third-order valence-corrected chi connectivity index (χ3v) is 4.78. The molecule has 5 heteroatoms. The number of nitrogens with one attached hydrogen (secondary N) is 1. The zero-order valence-electron chi connectivity index (χ0n) is 14.2. The first-order valence-electron chi connectivity index (χ1n) is 8.63. The summed E-state index contributed by atoms with van der Waals surface area (Å²) < 4.78 is 0. The molecule has 1 aromatic carbocycles. The van der Waals surface area contributed by atoms with Gasteiger partial charge in [0.15, 0.2) is 0 Å². The van der Waals surface area contributed by atoms with Crippen molar-refractivity contribution >= 4 is 17.5 Å². The molecule has 0 saturated carbocycles. The molecule has 1 heterocycles. The summed E-state index contributed by atoms with van der Waals surface area (Å²) in [6, 6.07) is 7.63. The fraction of sp³-hybridized carbons (Fsp3) is 0.474. The number of likely N-dealkylation sites (N-methyl/N-ethyl adjacent to an activating group) is 1. The van der Waals surface area contributed by atoms with E-state index in [2.05, 4.69) is 29.4 Å². The van der Waals surface area contributed by atoms with Crippen molar-refractivity contribution in [3.05, 3.63) is 42.0 Å². The first-order valence-corrected chi connectivity index (χ1v) is 8.63. The highest BCUT2D eigenvalue weighted by Gasteiger charge is 2.20. The highest BCUT2D eigenvalue weighted by Crippen LogP contribution is 2.20. The summed E-state index contributed by atoms with van der Waals surface area (Å²) in [5.74, 6) is 0.259. The van der Waals surface area contributed by atoms with Crippen molar-refractivity contribution in [2.45, 2.75) is 19.3 Å². The molecule has 0 atom stereocenters. The topological polar surface area (TPSA) is 52.6 Å². The minimum absolute atomic E-state index is 0.0422. The first-order chi connectivity index (χ1) is 11.6. The molecule has 24 heavy (non-hydrogen) atoms. The van der Waals surface area contributed by atoms with Crippen LogP contribution in [0.2, 0.25) is 0 Å². The van der Waals surface area contributed by atoms with Crippen LogP contribution in [0.25, 0.3) is 0 Å². The summed E-state index contributed by atoms with van der Waals surface area (Å²) in [6.45, 7) is 3.44. The Hall–Kier alpha value is -2.14. The van der Waals surface area contributed by atoms with Crippen molar-refractivity contribution < 1.29 is 9.59 Å². The number of hydrogen-bond acceptors (Lipinski definition) is 3. The molecule has 0 bridgehead atoms. The molecule has 0 radical (unpaired) electrons. The van der Waals surface area contributed by atoms with Crippen LogP contribution in [-0.2, 0) is 16.0 Å². The number of piperazine rings is 1. The second-order valence-corrected chi connectivity index (χ2v) is 6.69. The van der Waals surface area contributed by atoms with E-state index in [1.165, 1.54) is 0 Å². The largest absolute Gasteiger partial charge is 0.340 e. The second kappa shape index (κ2) is 7.62. The van der Waals surface area contributed by atoms with Crippen molar-refractivity contribution in [1.82, 2.24) is 9.80 Å². The molecular formula is C19H25N3O2. The highest BCUT2D eigenvalue weighted by molar-refractivity contribution is 5.93. The van der Waals surface area contributed by atoms with E-state index in [1.807, 2.05) is 29.2 Å². The summed E-state index contributed by atoms with van der Waals surface area (Å²) in [5, 5.41) is 2.97. The molecule has 2 aliphatic rings. The molecule has 3 rings (SSSR count). The summed E-state index contributed by atoms with van der Waals surface area (Å²) in [7, 11) is 2.08. The SMILES string of the molecule is CN1CCN(C(=O)Cc2cccc(NC(=O)C3CC=CC3)c2)CC1. The lowest BCUT2D eigenvalue weighted by molar-refractivity contribution is -0.132. The zero-order chi connectivity index (χ0) is 16.9. The average Bonchev–Trinajstić information content (AvgIpc) is 3.10. The standard InChI is InChI=1S/C19H25N3O2/c1-21-9-11-22(12-10-21)18(23)14-15-5-4-8-17(13-15)20-19(24)16-6-2-3-7-16/h2-5,8,13,16H,6-7,9-12,14H2,1H3,(H,20,24). The van der Waals surface area contributed by atoms with Gasteiger partial charge in [0.05, 0.1) is 6.42 Å². The van der Waals surface area contributed by atoms with E-state index >= 15 is 0 Å². The normalized spacial score (nSPS) is 18.8. The van der Waals surface area contributed by atoms with Crippen molar-refractivity contribution in [2.24, 2.45) is 5.92 Å². The Balaban J connectivity index is 1.56. The molecule has 1 aliphatic heterocycles. The van der Waals surface area contributed by atoms with Gasteiger partial charge >= 0.3 is 0 Å². The van der Waals surface area contributed by atoms with Gasteiger partial charge in [0, 0.05) is 37.8 Å². The van der Waals surface area contributed by atoms with E-state index < -0.39 is 0 Å². The Morgan fingerprint density at radius 3 is 2.54 bits per heavy atom. The summed E-state index contributed by atoms with van der Waals surface area (Å²) in [5.41, 5.74) is 1.72. The molecule has 1 N–H and O–H groups in total. The van der Waals surface area contributed by atoms with Crippen LogP contribution in [-0.4, -0.2) is 54.8 Å². The van der Waals surface area contributed by atoms with Crippen molar-refractivity contribution in [3.8, 4) is 0 Å². The van der Waals surface area contributed by atoms with E-state index in [0.29, 0.717) is 6.42 Å². The summed E-state index contributed by atoms with van der Waals surface area (Å²) >= 11 is 0. The molecule has 1 fully saturated rings. The minimum atomic E-state index is 0.0422. The Bertz CT molecular complexity index is 625. The first kappa shape index (κ1) is 16.7. The van der Waals surface area contributed by atoms with Gasteiger partial charge in [-0.15, -0.1) is 0 Å². The Morgan fingerprint density at radius 2 is 1.83 bits per heavy atom. The third kappa shape index (κ3) is 4.23. The Morgan fingerprint density at radius 1 is 1.12 bits per heavy atom.